The largest absolute Gasteiger partial charge is 0.343 e. The summed E-state index contributed by atoms with van der Waals surface area (Å²) in [5, 5.41) is 0. The van der Waals surface area contributed by atoms with Gasteiger partial charge in [0.15, 0.2) is 0 Å². The highest BCUT2D eigenvalue weighted by Crippen LogP contribution is 2.25. The molecule has 172 valence electrons. The van der Waals surface area contributed by atoms with Crippen molar-refractivity contribution in [3.63, 3.8) is 0 Å². The summed E-state index contributed by atoms with van der Waals surface area (Å²) in [5.41, 5.74) is 4.15. The van der Waals surface area contributed by atoms with Gasteiger partial charge < -0.3 is 4.90 Å². The molecule has 32 heavy (non-hydrogen) atoms. The van der Waals surface area contributed by atoms with Gasteiger partial charge in [0.25, 0.3) is 0 Å². The first-order valence-electron chi connectivity index (χ1n) is 12.2. The monoisotopic (exact) mass is 434 g/mol. The van der Waals surface area contributed by atoms with E-state index in [2.05, 4.69) is 52.0 Å². The molecule has 0 radical (unpaired) electrons. The molecule has 2 aromatic rings. The maximum absolute atomic E-state index is 11.8. The van der Waals surface area contributed by atoms with Crippen LogP contribution in [0.1, 0.15) is 49.3 Å². The molecule has 2 saturated heterocycles. The van der Waals surface area contributed by atoms with E-state index < -0.39 is 0 Å². The lowest BCUT2D eigenvalue weighted by atomic mass is 9.93. The number of hydrogen-bond donors (Lipinski definition) is 0. The Morgan fingerprint density at radius 1 is 1.03 bits per heavy atom. The number of piperidine rings is 2. The lowest BCUT2D eigenvalue weighted by Crippen LogP contribution is -2.48. The van der Waals surface area contributed by atoms with Crippen molar-refractivity contribution < 1.29 is 4.79 Å². The van der Waals surface area contributed by atoms with Crippen molar-refractivity contribution in [2.24, 2.45) is 5.92 Å². The fraction of sp³-hybridized carbons (Fsp3) is 0.556. The fourth-order valence-electron chi connectivity index (χ4n) is 5.30. The van der Waals surface area contributed by atoms with Gasteiger partial charge in [0.1, 0.15) is 0 Å². The number of carbonyl (C=O) groups excluding carboxylic acids is 1. The van der Waals surface area contributed by atoms with Crippen LogP contribution in [0.2, 0.25) is 0 Å². The highest BCUT2D eigenvalue weighted by Gasteiger charge is 2.29. The van der Waals surface area contributed by atoms with Crippen molar-refractivity contribution in [2.45, 2.75) is 58.7 Å². The zero-order valence-corrected chi connectivity index (χ0v) is 19.7. The Morgan fingerprint density at radius 3 is 2.44 bits per heavy atom. The number of aromatic nitrogens is 1. The molecule has 1 aromatic heterocycles. The molecule has 3 heterocycles. The van der Waals surface area contributed by atoms with E-state index >= 15 is 0 Å². The third-order valence-corrected chi connectivity index (χ3v) is 7.39. The standard InChI is InChI=1S/C27H38N4O/c1-22-6-3-4-8-26(22)21-29-14-9-24(10-15-29)19-31(20-25-7-5-13-28-18-25)27-11-16-30(17-12-27)23(2)32/h3-8,13,18,24,27H,9-12,14-17,19-21H2,1-2H3. The van der Waals surface area contributed by atoms with Crippen molar-refractivity contribution >= 4 is 5.91 Å². The molecule has 2 aliphatic heterocycles. The normalized spacial score (nSPS) is 18.9. The van der Waals surface area contributed by atoms with Crippen LogP contribution in [0.25, 0.3) is 0 Å². The molecule has 1 amide bonds. The predicted octanol–water partition coefficient (Wildman–Crippen LogP) is 4.12. The zero-order chi connectivity index (χ0) is 22.3. The minimum atomic E-state index is 0.211. The second kappa shape index (κ2) is 11.1. The van der Waals surface area contributed by atoms with Gasteiger partial charge in [0, 0.05) is 58.1 Å². The topological polar surface area (TPSA) is 39.7 Å². The maximum Gasteiger partial charge on any atom is 0.219 e. The van der Waals surface area contributed by atoms with Crippen LogP contribution in [0.4, 0.5) is 0 Å². The maximum atomic E-state index is 11.8. The molecule has 0 atom stereocenters. The summed E-state index contributed by atoms with van der Waals surface area (Å²) in [7, 11) is 0. The molecular weight excluding hydrogens is 396 g/mol. The van der Waals surface area contributed by atoms with Crippen molar-refractivity contribution in [2.75, 3.05) is 32.7 Å². The summed E-state index contributed by atoms with van der Waals surface area (Å²) < 4.78 is 0. The summed E-state index contributed by atoms with van der Waals surface area (Å²) in [6, 6.07) is 13.5. The summed E-state index contributed by atoms with van der Waals surface area (Å²) in [5.74, 6) is 0.953. The van der Waals surface area contributed by atoms with Crippen molar-refractivity contribution in [3.8, 4) is 0 Å². The van der Waals surface area contributed by atoms with E-state index in [-0.39, 0.29) is 5.91 Å². The molecule has 0 bridgehead atoms. The molecule has 2 fully saturated rings. The van der Waals surface area contributed by atoms with E-state index in [9.17, 15) is 4.79 Å². The molecule has 1 aromatic carbocycles. The average molecular weight is 435 g/mol. The molecule has 5 heteroatoms. The predicted molar refractivity (Wildman–Crippen MR) is 129 cm³/mol. The van der Waals surface area contributed by atoms with E-state index in [0.29, 0.717) is 6.04 Å². The second-order valence-corrected chi connectivity index (χ2v) is 9.67. The number of rotatable bonds is 7. The Hall–Kier alpha value is -2.24. The third kappa shape index (κ3) is 6.17. The smallest absolute Gasteiger partial charge is 0.219 e. The van der Waals surface area contributed by atoms with Crippen LogP contribution in [0, 0.1) is 12.8 Å². The van der Waals surface area contributed by atoms with Crippen LogP contribution in [-0.2, 0) is 17.9 Å². The van der Waals surface area contributed by atoms with E-state index in [1.54, 1.807) is 6.92 Å². The summed E-state index contributed by atoms with van der Waals surface area (Å²) in [6.45, 7) is 11.2. The fourth-order valence-corrected chi connectivity index (χ4v) is 5.30. The number of hydrogen-bond acceptors (Lipinski definition) is 4. The molecule has 2 aliphatic rings. The SMILES string of the molecule is CC(=O)N1CCC(N(Cc2cccnc2)CC2CCN(Cc3ccccc3C)CC2)CC1. The van der Waals surface area contributed by atoms with E-state index in [1.807, 2.05) is 23.4 Å². The van der Waals surface area contributed by atoms with Crippen LogP contribution in [0.15, 0.2) is 48.8 Å². The quantitative estimate of drug-likeness (QED) is 0.657. The number of likely N-dealkylation sites (tertiary alicyclic amines) is 2. The first-order valence-corrected chi connectivity index (χ1v) is 12.2. The highest BCUT2D eigenvalue weighted by atomic mass is 16.2. The molecule has 0 aliphatic carbocycles. The Balaban J connectivity index is 1.34. The highest BCUT2D eigenvalue weighted by molar-refractivity contribution is 5.73. The Bertz CT molecular complexity index is 855. The second-order valence-electron chi connectivity index (χ2n) is 9.67. The lowest BCUT2D eigenvalue weighted by molar-refractivity contribution is -0.130. The van der Waals surface area contributed by atoms with Crippen LogP contribution >= 0.6 is 0 Å². The average Bonchev–Trinajstić information content (AvgIpc) is 2.82. The van der Waals surface area contributed by atoms with E-state index in [0.717, 1.165) is 51.5 Å². The first kappa shape index (κ1) is 22.9. The van der Waals surface area contributed by atoms with Gasteiger partial charge in [0.2, 0.25) is 5.91 Å². The Morgan fingerprint density at radius 2 is 1.78 bits per heavy atom. The molecular formula is C27H38N4O. The van der Waals surface area contributed by atoms with Gasteiger partial charge in [-0.1, -0.05) is 30.3 Å². The summed E-state index contributed by atoms with van der Waals surface area (Å²) in [6.07, 6.45) is 8.53. The van der Waals surface area contributed by atoms with Crippen LogP contribution in [-0.4, -0.2) is 64.4 Å². The summed E-state index contributed by atoms with van der Waals surface area (Å²) >= 11 is 0. The molecule has 0 saturated carbocycles. The van der Waals surface area contributed by atoms with Gasteiger partial charge in [-0.05, 0) is 74.4 Å². The Labute approximate surface area is 193 Å². The molecule has 4 rings (SSSR count). The minimum Gasteiger partial charge on any atom is -0.343 e. The van der Waals surface area contributed by atoms with Gasteiger partial charge in [-0.25, -0.2) is 0 Å². The van der Waals surface area contributed by atoms with Gasteiger partial charge in [-0.15, -0.1) is 0 Å². The van der Waals surface area contributed by atoms with Crippen molar-refractivity contribution in [3.05, 3.63) is 65.5 Å². The Kier molecular flexibility index (Phi) is 7.93. The minimum absolute atomic E-state index is 0.211. The number of pyridine rings is 1. The summed E-state index contributed by atoms with van der Waals surface area (Å²) in [4.78, 5) is 23.4. The number of carbonyl (C=O) groups is 1. The van der Waals surface area contributed by atoms with Crippen LogP contribution in [0.5, 0.6) is 0 Å². The van der Waals surface area contributed by atoms with Crippen LogP contribution in [0.3, 0.4) is 0 Å². The zero-order valence-electron chi connectivity index (χ0n) is 19.7. The molecule has 0 spiro atoms. The molecule has 0 N–H and O–H groups in total. The molecule has 0 unspecified atom stereocenters. The van der Waals surface area contributed by atoms with Crippen molar-refractivity contribution in [1.29, 1.82) is 0 Å². The van der Waals surface area contributed by atoms with E-state index in [1.165, 1.54) is 42.6 Å². The van der Waals surface area contributed by atoms with Gasteiger partial charge in [0.05, 0.1) is 0 Å². The third-order valence-electron chi connectivity index (χ3n) is 7.39. The lowest BCUT2D eigenvalue weighted by Gasteiger charge is -2.41. The first-order chi connectivity index (χ1) is 15.6. The number of amides is 1. The molecule has 5 nitrogen and oxygen atoms in total. The van der Waals surface area contributed by atoms with Gasteiger partial charge in [-0.3, -0.25) is 19.6 Å². The van der Waals surface area contributed by atoms with Crippen LogP contribution < -0.4 is 0 Å². The van der Waals surface area contributed by atoms with Crippen molar-refractivity contribution in [1.82, 2.24) is 19.7 Å². The number of aryl methyl sites for hydroxylation is 1. The van der Waals surface area contributed by atoms with Gasteiger partial charge >= 0.3 is 0 Å². The van der Waals surface area contributed by atoms with Gasteiger partial charge in [-0.2, -0.15) is 0 Å². The number of nitrogens with zero attached hydrogens (tertiary/aromatic N) is 4. The van der Waals surface area contributed by atoms with E-state index in [4.69, 9.17) is 0 Å². The number of benzene rings is 1.